The maximum atomic E-state index is 13.0. The summed E-state index contributed by atoms with van der Waals surface area (Å²) in [5.41, 5.74) is 1.56. The minimum atomic E-state index is -3.77. The van der Waals surface area contributed by atoms with Crippen LogP contribution in [0.4, 0.5) is 14.5 Å². The Morgan fingerprint density at radius 1 is 1.06 bits per heavy atom. The molecule has 33 heavy (non-hydrogen) atoms. The number of ether oxygens (including phenoxy) is 3. The maximum Gasteiger partial charge on any atom is 0.586 e. The van der Waals surface area contributed by atoms with E-state index >= 15 is 0 Å². The van der Waals surface area contributed by atoms with Crippen molar-refractivity contribution in [2.75, 3.05) is 18.5 Å². The van der Waals surface area contributed by atoms with Gasteiger partial charge in [-0.2, -0.15) is 0 Å². The van der Waals surface area contributed by atoms with Crippen molar-refractivity contribution in [2.24, 2.45) is 0 Å². The van der Waals surface area contributed by atoms with Gasteiger partial charge < -0.3 is 19.5 Å². The van der Waals surface area contributed by atoms with Crippen molar-refractivity contribution < 1.29 is 41.0 Å². The van der Waals surface area contributed by atoms with Gasteiger partial charge in [0, 0.05) is 24.7 Å². The van der Waals surface area contributed by atoms with Crippen molar-refractivity contribution in [3.63, 3.8) is 0 Å². The van der Waals surface area contributed by atoms with Gasteiger partial charge in [0.25, 0.3) is 5.91 Å². The Bertz CT molecular complexity index is 1170. The number of esters is 1. The molecule has 0 fully saturated rings. The lowest BCUT2D eigenvalue weighted by molar-refractivity contribution is -0.286. The normalized spacial score (nSPS) is 14.1. The summed E-state index contributed by atoms with van der Waals surface area (Å²) in [5, 5.41) is 2.38. The van der Waals surface area contributed by atoms with Gasteiger partial charge in [0.2, 0.25) is 10.0 Å². The first-order valence-electron chi connectivity index (χ1n) is 9.87. The highest BCUT2D eigenvalue weighted by Crippen LogP contribution is 2.42. The number of fused-ring (bicyclic) bond motifs is 1. The molecule has 1 aliphatic heterocycles. The number of anilines is 1. The zero-order valence-electron chi connectivity index (χ0n) is 17.8. The summed E-state index contributed by atoms with van der Waals surface area (Å²) >= 11 is 0. The lowest BCUT2D eigenvalue weighted by Gasteiger charge is -2.10. The molecule has 1 amide bonds. The summed E-state index contributed by atoms with van der Waals surface area (Å²) < 4.78 is 66.7. The third-order valence-electron chi connectivity index (χ3n) is 4.53. The van der Waals surface area contributed by atoms with Crippen LogP contribution in [0.1, 0.15) is 24.0 Å². The Hall–Kier alpha value is -3.25. The lowest BCUT2D eigenvalue weighted by Crippen LogP contribution is -2.26. The van der Waals surface area contributed by atoms with Crippen molar-refractivity contribution in [2.45, 2.75) is 37.9 Å². The average molecular weight is 484 g/mol. The highest BCUT2D eigenvalue weighted by molar-refractivity contribution is 7.89. The van der Waals surface area contributed by atoms with Crippen molar-refractivity contribution >= 4 is 27.6 Å². The second kappa shape index (κ2) is 9.71. The van der Waals surface area contributed by atoms with Crippen LogP contribution in [-0.4, -0.2) is 39.7 Å². The quantitative estimate of drug-likeness (QED) is 0.415. The molecule has 1 heterocycles. The van der Waals surface area contributed by atoms with E-state index in [9.17, 15) is 26.8 Å². The Morgan fingerprint density at radius 3 is 2.55 bits per heavy atom. The fourth-order valence-electron chi connectivity index (χ4n) is 2.96. The first-order chi connectivity index (χ1) is 15.4. The van der Waals surface area contributed by atoms with Gasteiger partial charge in [-0.05, 0) is 49.6 Å². The highest BCUT2D eigenvalue weighted by atomic mass is 32.2. The van der Waals surface area contributed by atoms with Gasteiger partial charge in [0.15, 0.2) is 18.1 Å². The van der Waals surface area contributed by atoms with Crippen LogP contribution in [0.3, 0.4) is 0 Å². The first-order valence-corrected chi connectivity index (χ1v) is 11.4. The molecule has 0 saturated carbocycles. The molecule has 0 spiro atoms. The first kappa shape index (κ1) is 24.4. The monoisotopic (exact) mass is 484 g/mol. The number of nitrogens with one attached hydrogen (secondary N) is 2. The summed E-state index contributed by atoms with van der Waals surface area (Å²) in [5.74, 6) is -1.79. The standard InChI is InChI=1S/C21H22F2N2O7S/c1-13-5-6-14(2)18(10-13)33(28,29)24-9-3-4-20(27)30-12-19(26)25-15-7-8-16-17(11-15)32-21(22,23)31-16/h5-8,10-11,24H,3-4,9,12H2,1-2H3,(H,25,26). The van der Waals surface area contributed by atoms with Crippen LogP contribution in [0.5, 0.6) is 11.5 Å². The van der Waals surface area contributed by atoms with Crippen LogP contribution in [0.15, 0.2) is 41.3 Å². The van der Waals surface area contributed by atoms with Crippen LogP contribution >= 0.6 is 0 Å². The van der Waals surface area contributed by atoms with E-state index in [1.165, 1.54) is 12.1 Å². The minimum absolute atomic E-state index is 0.0127. The summed E-state index contributed by atoms with van der Waals surface area (Å²) in [6.45, 7) is 2.89. The molecule has 3 rings (SSSR count). The zero-order valence-corrected chi connectivity index (χ0v) is 18.6. The molecular weight excluding hydrogens is 462 g/mol. The summed E-state index contributed by atoms with van der Waals surface area (Å²) in [6, 6.07) is 8.77. The Morgan fingerprint density at radius 2 is 1.79 bits per heavy atom. The van der Waals surface area contributed by atoms with E-state index in [0.717, 1.165) is 11.6 Å². The second-order valence-electron chi connectivity index (χ2n) is 7.31. The molecule has 2 aromatic rings. The molecule has 0 atom stereocenters. The predicted octanol–water partition coefficient (Wildman–Crippen LogP) is 2.87. The van der Waals surface area contributed by atoms with Gasteiger partial charge in [-0.25, -0.2) is 13.1 Å². The van der Waals surface area contributed by atoms with Gasteiger partial charge >= 0.3 is 12.3 Å². The van der Waals surface area contributed by atoms with E-state index in [1.807, 2.05) is 6.07 Å². The molecule has 0 radical (unpaired) electrons. The fraction of sp³-hybridized carbons (Fsp3) is 0.333. The lowest BCUT2D eigenvalue weighted by atomic mass is 10.2. The number of amides is 1. The molecule has 9 nitrogen and oxygen atoms in total. The van der Waals surface area contributed by atoms with E-state index in [2.05, 4.69) is 19.5 Å². The van der Waals surface area contributed by atoms with E-state index in [0.29, 0.717) is 5.56 Å². The van der Waals surface area contributed by atoms with Crippen LogP contribution in [0, 0.1) is 13.8 Å². The van der Waals surface area contributed by atoms with Crippen molar-refractivity contribution in [3.05, 3.63) is 47.5 Å². The zero-order chi connectivity index (χ0) is 24.2. The molecule has 0 bridgehead atoms. The Balaban J connectivity index is 1.38. The number of hydrogen-bond acceptors (Lipinski definition) is 7. The molecular formula is C21H22F2N2O7S. The molecule has 2 aromatic carbocycles. The molecule has 0 unspecified atom stereocenters. The Labute approximate surface area is 189 Å². The molecule has 0 aromatic heterocycles. The van der Waals surface area contributed by atoms with Gasteiger partial charge in [0.1, 0.15) is 0 Å². The maximum absolute atomic E-state index is 13.0. The molecule has 178 valence electrons. The third-order valence-corrected chi connectivity index (χ3v) is 6.14. The van der Waals surface area contributed by atoms with Crippen molar-refractivity contribution in [3.8, 4) is 11.5 Å². The number of halogens is 2. The van der Waals surface area contributed by atoms with Gasteiger partial charge in [0.05, 0.1) is 4.90 Å². The number of alkyl halides is 2. The topological polar surface area (TPSA) is 120 Å². The minimum Gasteiger partial charge on any atom is -0.456 e. The van der Waals surface area contributed by atoms with Crippen LogP contribution < -0.4 is 19.5 Å². The third kappa shape index (κ3) is 6.62. The number of benzene rings is 2. The largest absolute Gasteiger partial charge is 0.586 e. The highest BCUT2D eigenvalue weighted by Gasteiger charge is 2.43. The molecule has 0 aliphatic carbocycles. The summed E-state index contributed by atoms with van der Waals surface area (Å²) in [4.78, 5) is 23.9. The number of sulfonamides is 1. The number of hydrogen-bond donors (Lipinski definition) is 2. The number of rotatable bonds is 9. The smallest absolute Gasteiger partial charge is 0.456 e. The van der Waals surface area contributed by atoms with Gasteiger partial charge in [-0.3, -0.25) is 9.59 Å². The number of aryl methyl sites for hydroxylation is 2. The SMILES string of the molecule is Cc1ccc(C)c(S(=O)(=O)NCCCC(=O)OCC(=O)Nc2ccc3c(c2)OC(F)(F)O3)c1. The number of carbonyl (C=O) groups is 2. The van der Waals surface area contributed by atoms with Crippen molar-refractivity contribution in [1.29, 1.82) is 0 Å². The van der Waals surface area contributed by atoms with E-state index < -0.39 is 34.8 Å². The molecule has 2 N–H and O–H groups in total. The van der Waals surface area contributed by atoms with E-state index in [-0.39, 0.29) is 41.5 Å². The molecule has 12 heteroatoms. The molecule has 0 saturated heterocycles. The molecule has 1 aliphatic rings. The fourth-order valence-corrected chi connectivity index (χ4v) is 4.36. The average Bonchev–Trinajstić information content (AvgIpc) is 3.04. The van der Waals surface area contributed by atoms with E-state index in [4.69, 9.17) is 4.74 Å². The van der Waals surface area contributed by atoms with Gasteiger partial charge in [-0.15, -0.1) is 8.78 Å². The van der Waals surface area contributed by atoms with Gasteiger partial charge in [-0.1, -0.05) is 12.1 Å². The van der Waals surface area contributed by atoms with E-state index in [1.54, 1.807) is 26.0 Å². The second-order valence-corrected chi connectivity index (χ2v) is 9.04. The van der Waals surface area contributed by atoms with Crippen molar-refractivity contribution in [1.82, 2.24) is 4.72 Å². The Kier molecular flexibility index (Phi) is 7.18. The number of carbonyl (C=O) groups excluding carboxylic acids is 2. The van der Waals surface area contributed by atoms with Crippen LogP contribution in [0.2, 0.25) is 0 Å². The summed E-state index contributed by atoms with van der Waals surface area (Å²) in [7, 11) is -3.72. The van der Waals surface area contributed by atoms with Crippen LogP contribution in [-0.2, 0) is 24.3 Å². The van der Waals surface area contributed by atoms with Crippen LogP contribution in [0.25, 0.3) is 0 Å². The summed E-state index contributed by atoms with van der Waals surface area (Å²) in [6.07, 6.45) is -3.71. The predicted molar refractivity (Wildman–Crippen MR) is 113 cm³/mol.